The molecule has 0 aromatic heterocycles. The smallest absolute Gasteiger partial charge is 0.317 e. The molecule has 17 heavy (non-hydrogen) atoms. The number of carbonyl (C=O) groups is 1. The molecule has 0 spiro atoms. The number of amides is 2. The molecule has 2 amide bonds. The average Bonchev–Trinajstić information content (AvgIpc) is 2.27. The summed E-state index contributed by atoms with van der Waals surface area (Å²) in [5, 5.41) is 2.93. The first-order chi connectivity index (χ1) is 8.13. The molecule has 4 nitrogen and oxygen atoms in total. The van der Waals surface area contributed by atoms with Gasteiger partial charge < -0.3 is 15.0 Å². The summed E-state index contributed by atoms with van der Waals surface area (Å²) in [5.74, 6) is 1.86. The van der Waals surface area contributed by atoms with Crippen LogP contribution < -0.4 is 5.32 Å². The minimum absolute atomic E-state index is 0.0196. The Kier molecular flexibility index (Phi) is 6.44. The molecule has 1 saturated heterocycles. The Morgan fingerprint density at radius 1 is 1.53 bits per heavy atom. The summed E-state index contributed by atoms with van der Waals surface area (Å²) >= 11 is 1.77. The number of hydrogen-bond donors (Lipinski definition) is 1. The molecule has 1 aliphatic rings. The van der Waals surface area contributed by atoms with Gasteiger partial charge in [0.1, 0.15) is 0 Å². The van der Waals surface area contributed by atoms with Crippen LogP contribution in [0.2, 0.25) is 0 Å². The fraction of sp³-hybridized carbons (Fsp3) is 0.750. The molecule has 2 atom stereocenters. The van der Waals surface area contributed by atoms with Crippen molar-refractivity contribution in [3.63, 3.8) is 0 Å². The minimum Gasteiger partial charge on any atom is -0.372 e. The number of urea groups is 1. The Labute approximate surface area is 108 Å². The molecule has 1 aliphatic heterocycles. The van der Waals surface area contributed by atoms with Gasteiger partial charge in [0, 0.05) is 31.1 Å². The minimum atomic E-state index is 0.0196. The van der Waals surface area contributed by atoms with Crippen molar-refractivity contribution in [2.75, 3.05) is 31.1 Å². The third-order valence-electron chi connectivity index (χ3n) is 2.47. The van der Waals surface area contributed by atoms with Gasteiger partial charge in [-0.15, -0.1) is 6.58 Å². The van der Waals surface area contributed by atoms with Gasteiger partial charge in [-0.2, -0.15) is 11.8 Å². The third-order valence-corrected chi connectivity index (χ3v) is 3.43. The summed E-state index contributed by atoms with van der Waals surface area (Å²) in [6, 6.07) is 0.0196. The fourth-order valence-corrected chi connectivity index (χ4v) is 2.43. The van der Waals surface area contributed by atoms with Crippen LogP contribution in [0.4, 0.5) is 4.79 Å². The highest BCUT2D eigenvalue weighted by Gasteiger charge is 2.25. The van der Waals surface area contributed by atoms with Crippen molar-refractivity contribution in [3.8, 4) is 0 Å². The van der Waals surface area contributed by atoms with E-state index in [-0.39, 0.29) is 18.2 Å². The first kappa shape index (κ1) is 14.4. The van der Waals surface area contributed by atoms with Gasteiger partial charge in [0.05, 0.1) is 12.2 Å². The van der Waals surface area contributed by atoms with E-state index in [0.717, 1.165) is 11.5 Å². The number of nitrogens with one attached hydrogen (secondary N) is 1. The zero-order chi connectivity index (χ0) is 12.7. The molecule has 0 aromatic rings. The van der Waals surface area contributed by atoms with Crippen molar-refractivity contribution in [2.24, 2.45) is 0 Å². The first-order valence-electron chi connectivity index (χ1n) is 6.00. The molecular weight excluding hydrogens is 236 g/mol. The monoisotopic (exact) mass is 258 g/mol. The van der Waals surface area contributed by atoms with Gasteiger partial charge in [0.25, 0.3) is 0 Å². The Morgan fingerprint density at radius 3 is 2.76 bits per heavy atom. The normalized spacial score (nSPS) is 24.5. The predicted molar refractivity (Wildman–Crippen MR) is 72.5 cm³/mol. The maximum absolute atomic E-state index is 11.9. The molecule has 5 heteroatoms. The average molecular weight is 258 g/mol. The lowest BCUT2D eigenvalue weighted by atomic mass is 10.2. The number of morpholine rings is 1. The van der Waals surface area contributed by atoms with Gasteiger partial charge in [-0.05, 0) is 13.8 Å². The van der Waals surface area contributed by atoms with Crippen LogP contribution in [0.5, 0.6) is 0 Å². The van der Waals surface area contributed by atoms with Crippen molar-refractivity contribution in [1.29, 1.82) is 0 Å². The van der Waals surface area contributed by atoms with Crippen molar-refractivity contribution in [3.05, 3.63) is 12.7 Å². The van der Waals surface area contributed by atoms with Gasteiger partial charge in [-0.3, -0.25) is 0 Å². The van der Waals surface area contributed by atoms with Gasteiger partial charge in [0.2, 0.25) is 0 Å². The second-order valence-electron chi connectivity index (χ2n) is 4.26. The van der Waals surface area contributed by atoms with E-state index in [1.54, 1.807) is 11.8 Å². The number of carbonyl (C=O) groups excluding carboxylic acids is 1. The van der Waals surface area contributed by atoms with E-state index in [1.165, 1.54) is 0 Å². The zero-order valence-electron chi connectivity index (χ0n) is 10.6. The number of nitrogens with zero attached hydrogens (tertiary/aromatic N) is 1. The molecule has 1 rings (SSSR count). The van der Waals surface area contributed by atoms with Crippen molar-refractivity contribution < 1.29 is 9.53 Å². The Balaban J connectivity index is 2.20. The van der Waals surface area contributed by atoms with E-state index >= 15 is 0 Å². The van der Waals surface area contributed by atoms with Gasteiger partial charge in [0.15, 0.2) is 0 Å². The first-order valence-corrected chi connectivity index (χ1v) is 7.15. The van der Waals surface area contributed by atoms with Crippen molar-refractivity contribution in [1.82, 2.24) is 10.2 Å². The number of hydrogen-bond acceptors (Lipinski definition) is 3. The van der Waals surface area contributed by atoms with Crippen LogP contribution in [-0.4, -0.2) is 54.3 Å². The van der Waals surface area contributed by atoms with Crippen molar-refractivity contribution >= 4 is 17.8 Å². The Hall–Kier alpha value is -0.680. The SMILES string of the molecule is C=CCSCCNC(=O)N1C[C@@H](C)O[C@@H](C)C1. The van der Waals surface area contributed by atoms with E-state index in [2.05, 4.69) is 11.9 Å². The molecule has 0 saturated carbocycles. The third kappa shape index (κ3) is 5.46. The summed E-state index contributed by atoms with van der Waals surface area (Å²) in [7, 11) is 0. The Bertz CT molecular complexity index is 251. The number of thioether (sulfide) groups is 1. The Morgan fingerprint density at radius 2 is 2.18 bits per heavy atom. The van der Waals surface area contributed by atoms with Crippen LogP contribution in [0.3, 0.4) is 0 Å². The molecule has 0 aliphatic carbocycles. The second kappa shape index (κ2) is 7.61. The van der Waals surface area contributed by atoms with Gasteiger partial charge in [-0.25, -0.2) is 4.79 Å². The molecular formula is C12H22N2O2S. The molecule has 0 bridgehead atoms. The number of ether oxygens (including phenoxy) is 1. The molecule has 0 unspecified atom stereocenters. The van der Waals surface area contributed by atoms with E-state index in [9.17, 15) is 4.79 Å². The largest absolute Gasteiger partial charge is 0.372 e. The summed E-state index contributed by atoms with van der Waals surface area (Å²) in [4.78, 5) is 13.7. The van der Waals surface area contributed by atoms with E-state index in [4.69, 9.17) is 4.74 Å². The number of rotatable bonds is 5. The lowest BCUT2D eigenvalue weighted by Crippen LogP contribution is -2.51. The maximum Gasteiger partial charge on any atom is 0.317 e. The molecule has 1 N–H and O–H groups in total. The predicted octanol–water partition coefficient (Wildman–Crippen LogP) is 1.72. The lowest BCUT2D eigenvalue weighted by molar-refractivity contribution is -0.0544. The second-order valence-corrected chi connectivity index (χ2v) is 5.41. The van der Waals surface area contributed by atoms with Gasteiger partial charge >= 0.3 is 6.03 Å². The van der Waals surface area contributed by atoms with E-state index < -0.39 is 0 Å². The highest BCUT2D eigenvalue weighted by molar-refractivity contribution is 7.99. The van der Waals surface area contributed by atoms with E-state index in [0.29, 0.717) is 19.6 Å². The van der Waals surface area contributed by atoms with Crippen LogP contribution >= 0.6 is 11.8 Å². The zero-order valence-corrected chi connectivity index (χ0v) is 11.5. The lowest BCUT2D eigenvalue weighted by Gasteiger charge is -2.35. The standard InChI is InChI=1S/C12H22N2O2S/c1-4-6-17-7-5-13-12(15)14-8-10(2)16-11(3)9-14/h4,10-11H,1,5-9H2,2-3H3,(H,13,15)/t10-,11+. The van der Waals surface area contributed by atoms with Crippen LogP contribution in [0.1, 0.15) is 13.8 Å². The van der Waals surface area contributed by atoms with Crippen molar-refractivity contribution in [2.45, 2.75) is 26.1 Å². The molecule has 0 radical (unpaired) electrons. The van der Waals surface area contributed by atoms with E-state index in [1.807, 2.05) is 24.8 Å². The highest BCUT2D eigenvalue weighted by atomic mass is 32.2. The quantitative estimate of drug-likeness (QED) is 0.603. The molecule has 1 fully saturated rings. The molecule has 98 valence electrons. The van der Waals surface area contributed by atoms with Crippen LogP contribution in [0, 0.1) is 0 Å². The molecule has 1 heterocycles. The van der Waals surface area contributed by atoms with Crippen LogP contribution in [-0.2, 0) is 4.74 Å². The van der Waals surface area contributed by atoms with Crippen LogP contribution in [0.25, 0.3) is 0 Å². The topological polar surface area (TPSA) is 41.6 Å². The molecule has 0 aromatic carbocycles. The van der Waals surface area contributed by atoms with Crippen LogP contribution in [0.15, 0.2) is 12.7 Å². The summed E-state index contributed by atoms with van der Waals surface area (Å²) in [6.07, 6.45) is 2.12. The highest BCUT2D eigenvalue weighted by Crippen LogP contribution is 2.10. The summed E-state index contributed by atoms with van der Waals surface area (Å²) in [5.41, 5.74) is 0. The van der Waals surface area contributed by atoms with Gasteiger partial charge in [-0.1, -0.05) is 6.08 Å². The maximum atomic E-state index is 11.9. The summed E-state index contributed by atoms with van der Waals surface area (Å²) < 4.78 is 5.59. The fourth-order valence-electron chi connectivity index (χ4n) is 1.85. The summed E-state index contributed by atoms with van der Waals surface area (Å²) in [6.45, 7) is 9.70.